The van der Waals surface area contributed by atoms with Crippen LogP contribution in [0.2, 0.25) is 0 Å². The maximum Gasteiger partial charge on any atom is 0.255 e. The molecule has 3 aromatic rings. The Hall–Kier alpha value is -3.87. The molecule has 1 atom stereocenters. The normalized spacial score (nSPS) is 15.7. The lowest BCUT2D eigenvalue weighted by molar-refractivity contribution is -0.113. The molecule has 0 saturated heterocycles. The molecular weight excluding hydrogens is 366 g/mol. The summed E-state index contributed by atoms with van der Waals surface area (Å²) in [5.74, 6) is 0.961. The van der Waals surface area contributed by atoms with Gasteiger partial charge in [-0.2, -0.15) is 10.1 Å². The van der Waals surface area contributed by atoms with Crippen LogP contribution in [0.4, 0.5) is 11.6 Å². The average molecular weight is 387 g/mol. The highest BCUT2D eigenvalue weighted by molar-refractivity contribution is 6.06. The summed E-state index contributed by atoms with van der Waals surface area (Å²) in [5.41, 5.74) is 2.92. The predicted octanol–water partition coefficient (Wildman–Crippen LogP) is 3.88. The molecule has 1 aromatic heterocycles. The molecule has 0 aliphatic carbocycles. The smallest absolute Gasteiger partial charge is 0.255 e. The SMILES string of the molecule is COc1ccccc1NC(=O)C1=C(C)Nc2ncnn2[C@H]1/C=C/c1ccccc1. The molecule has 0 bridgehead atoms. The van der Waals surface area contributed by atoms with Crippen molar-refractivity contribution in [3.63, 3.8) is 0 Å². The van der Waals surface area contributed by atoms with E-state index >= 15 is 0 Å². The summed E-state index contributed by atoms with van der Waals surface area (Å²) in [4.78, 5) is 17.5. The van der Waals surface area contributed by atoms with Crippen molar-refractivity contribution < 1.29 is 9.53 Å². The summed E-state index contributed by atoms with van der Waals surface area (Å²) >= 11 is 0. The maximum absolute atomic E-state index is 13.2. The minimum atomic E-state index is -0.399. The molecule has 1 aliphatic rings. The highest BCUT2D eigenvalue weighted by atomic mass is 16.5. The summed E-state index contributed by atoms with van der Waals surface area (Å²) in [7, 11) is 1.57. The molecular formula is C22H21N5O2. The fourth-order valence-electron chi connectivity index (χ4n) is 3.31. The van der Waals surface area contributed by atoms with Gasteiger partial charge >= 0.3 is 0 Å². The van der Waals surface area contributed by atoms with Gasteiger partial charge in [0, 0.05) is 5.70 Å². The van der Waals surface area contributed by atoms with Gasteiger partial charge in [-0.3, -0.25) is 4.79 Å². The minimum absolute atomic E-state index is 0.233. The van der Waals surface area contributed by atoms with Crippen molar-refractivity contribution in [2.45, 2.75) is 13.0 Å². The molecule has 2 N–H and O–H groups in total. The summed E-state index contributed by atoms with van der Waals surface area (Å²) in [6.45, 7) is 1.86. The van der Waals surface area contributed by atoms with Gasteiger partial charge in [0.25, 0.3) is 5.91 Å². The number of nitrogens with zero attached hydrogens (tertiary/aromatic N) is 3. The number of hydrogen-bond acceptors (Lipinski definition) is 5. The molecule has 146 valence electrons. The van der Waals surface area contributed by atoms with E-state index in [0.29, 0.717) is 23.0 Å². The number of anilines is 2. The number of ether oxygens (including phenoxy) is 1. The van der Waals surface area contributed by atoms with Crippen LogP contribution in [0.3, 0.4) is 0 Å². The largest absolute Gasteiger partial charge is 0.495 e. The van der Waals surface area contributed by atoms with Crippen molar-refractivity contribution in [2.75, 3.05) is 17.7 Å². The topological polar surface area (TPSA) is 81.1 Å². The molecule has 0 radical (unpaired) electrons. The second-order valence-corrected chi connectivity index (χ2v) is 6.56. The second-order valence-electron chi connectivity index (χ2n) is 6.56. The Balaban J connectivity index is 1.69. The fraction of sp³-hybridized carbons (Fsp3) is 0.136. The van der Waals surface area contributed by atoms with Gasteiger partial charge in [-0.1, -0.05) is 54.6 Å². The maximum atomic E-state index is 13.2. The van der Waals surface area contributed by atoms with Crippen LogP contribution in [0, 0.1) is 0 Å². The van der Waals surface area contributed by atoms with E-state index < -0.39 is 6.04 Å². The molecule has 0 saturated carbocycles. The quantitative estimate of drug-likeness (QED) is 0.694. The van der Waals surface area contributed by atoms with E-state index in [2.05, 4.69) is 20.7 Å². The van der Waals surface area contributed by atoms with Gasteiger partial charge in [-0.25, -0.2) is 4.68 Å². The lowest BCUT2D eigenvalue weighted by Gasteiger charge is -2.26. The Morgan fingerprint density at radius 3 is 2.72 bits per heavy atom. The highest BCUT2D eigenvalue weighted by Crippen LogP contribution is 2.32. The molecule has 29 heavy (non-hydrogen) atoms. The number of para-hydroxylation sites is 2. The number of amides is 1. The third-order valence-electron chi connectivity index (χ3n) is 4.71. The molecule has 0 spiro atoms. The zero-order valence-corrected chi connectivity index (χ0v) is 16.2. The van der Waals surface area contributed by atoms with Crippen molar-refractivity contribution in [1.82, 2.24) is 14.8 Å². The standard InChI is InChI=1S/C22H21N5O2/c1-15-20(21(28)26-17-10-6-7-11-19(17)29-2)18(27-22(25-15)23-14-24-27)13-12-16-8-4-3-5-9-16/h3-14,18H,1-2H3,(H,26,28)(H,23,24,25)/b13-12+/t18-/m0/s1. The van der Waals surface area contributed by atoms with Gasteiger partial charge in [-0.15, -0.1) is 0 Å². The lowest BCUT2D eigenvalue weighted by atomic mass is 10.0. The molecule has 2 heterocycles. The van der Waals surface area contributed by atoms with Gasteiger partial charge in [0.2, 0.25) is 5.95 Å². The van der Waals surface area contributed by atoms with Crippen LogP contribution in [0.15, 0.2) is 78.3 Å². The van der Waals surface area contributed by atoms with Gasteiger partial charge in [0.05, 0.1) is 18.4 Å². The highest BCUT2D eigenvalue weighted by Gasteiger charge is 2.30. The zero-order valence-electron chi connectivity index (χ0n) is 16.2. The Morgan fingerprint density at radius 2 is 1.93 bits per heavy atom. The van der Waals surface area contributed by atoms with Crippen LogP contribution in [0.25, 0.3) is 6.08 Å². The number of nitrogens with one attached hydrogen (secondary N) is 2. The zero-order chi connectivity index (χ0) is 20.2. The first-order chi connectivity index (χ1) is 14.2. The molecule has 2 aromatic carbocycles. The first-order valence-corrected chi connectivity index (χ1v) is 9.22. The van der Waals surface area contributed by atoms with Gasteiger partial charge < -0.3 is 15.4 Å². The molecule has 0 unspecified atom stereocenters. The summed E-state index contributed by atoms with van der Waals surface area (Å²) in [6.07, 6.45) is 5.40. The number of methoxy groups -OCH3 is 1. The summed E-state index contributed by atoms with van der Waals surface area (Å²) in [5, 5.41) is 10.4. The molecule has 4 rings (SSSR count). The number of fused-ring (bicyclic) bond motifs is 1. The second kappa shape index (κ2) is 8.02. The Bertz CT molecular complexity index is 1090. The third kappa shape index (κ3) is 3.75. The van der Waals surface area contributed by atoms with E-state index in [0.717, 1.165) is 11.3 Å². The van der Waals surface area contributed by atoms with Crippen molar-refractivity contribution in [3.05, 3.63) is 83.8 Å². The average Bonchev–Trinajstić information content (AvgIpc) is 3.21. The van der Waals surface area contributed by atoms with Gasteiger partial charge in [-0.05, 0) is 24.6 Å². The monoisotopic (exact) mass is 387 g/mol. The number of benzene rings is 2. The van der Waals surface area contributed by atoms with Crippen molar-refractivity contribution in [3.8, 4) is 5.75 Å². The number of allylic oxidation sites excluding steroid dienone is 2. The van der Waals surface area contributed by atoms with E-state index in [-0.39, 0.29) is 5.91 Å². The number of hydrogen-bond donors (Lipinski definition) is 2. The third-order valence-corrected chi connectivity index (χ3v) is 4.71. The number of carbonyl (C=O) groups excluding carboxylic acids is 1. The van der Waals surface area contributed by atoms with Crippen LogP contribution in [0.1, 0.15) is 18.5 Å². The predicted molar refractivity (Wildman–Crippen MR) is 112 cm³/mol. The summed E-state index contributed by atoms with van der Waals surface area (Å²) in [6, 6.07) is 16.8. The van der Waals surface area contributed by atoms with E-state index in [9.17, 15) is 4.79 Å². The number of rotatable bonds is 5. The van der Waals surface area contributed by atoms with Gasteiger partial charge in [0.1, 0.15) is 18.1 Å². The first kappa shape index (κ1) is 18.5. The lowest BCUT2D eigenvalue weighted by Crippen LogP contribution is -2.30. The first-order valence-electron chi connectivity index (χ1n) is 9.22. The minimum Gasteiger partial charge on any atom is -0.495 e. The van der Waals surface area contributed by atoms with Crippen LogP contribution in [-0.2, 0) is 4.79 Å². The molecule has 7 nitrogen and oxygen atoms in total. The summed E-state index contributed by atoms with van der Waals surface area (Å²) < 4.78 is 7.05. The van der Waals surface area contributed by atoms with E-state index in [1.165, 1.54) is 6.33 Å². The van der Waals surface area contributed by atoms with Crippen molar-refractivity contribution in [1.29, 1.82) is 0 Å². The number of carbonyl (C=O) groups is 1. The Kier molecular flexibility index (Phi) is 5.11. The Labute approximate surface area is 168 Å². The Morgan fingerprint density at radius 1 is 1.17 bits per heavy atom. The van der Waals surface area contributed by atoms with E-state index in [1.807, 2.05) is 61.5 Å². The molecule has 7 heteroatoms. The van der Waals surface area contributed by atoms with Crippen molar-refractivity contribution in [2.24, 2.45) is 0 Å². The van der Waals surface area contributed by atoms with Crippen LogP contribution in [-0.4, -0.2) is 27.8 Å². The molecule has 0 fully saturated rings. The van der Waals surface area contributed by atoms with E-state index in [4.69, 9.17) is 4.74 Å². The van der Waals surface area contributed by atoms with Crippen LogP contribution < -0.4 is 15.4 Å². The molecule has 1 aliphatic heterocycles. The fourth-order valence-corrected chi connectivity index (χ4v) is 3.31. The van der Waals surface area contributed by atoms with E-state index in [1.54, 1.807) is 23.9 Å². The van der Waals surface area contributed by atoms with Gasteiger partial charge in [0.15, 0.2) is 0 Å². The number of aromatic nitrogens is 3. The van der Waals surface area contributed by atoms with Crippen LogP contribution >= 0.6 is 0 Å². The molecule has 1 amide bonds. The van der Waals surface area contributed by atoms with Crippen molar-refractivity contribution >= 4 is 23.6 Å². The van der Waals surface area contributed by atoms with Crippen LogP contribution in [0.5, 0.6) is 5.75 Å².